The second kappa shape index (κ2) is 10.0. The number of nitrogens with zero attached hydrogens (tertiary/aromatic N) is 2. The van der Waals surface area contributed by atoms with Gasteiger partial charge >= 0.3 is 0 Å². The molecule has 2 heterocycles. The molecule has 0 atom stereocenters. The highest BCUT2D eigenvalue weighted by molar-refractivity contribution is 6.31. The third-order valence-corrected chi connectivity index (χ3v) is 5.80. The minimum Gasteiger partial charge on any atom is -0.494 e. The number of rotatable bonds is 7. The number of halogens is 1. The highest BCUT2D eigenvalue weighted by Crippen LogP contribution is 2.30. The number of hydrogen-bond acceptors (Lipinski definition) is 4. The van der Waals surface area contributed by atoms with E-state index in [1.165, 1.54) is 6.42 Å². The van der Waals surface area contributed by atoms with Gasteiger partial charge in [0.25, 0.3) is 5.91 Å². The van der Waals surface area contributed by atoms with Crippen molar-refractivity contribution >= 4 is 34.1 Å². The molecule has 1 fully saturated rings. The van der Waals surface area contributed by atoms with Crippen LogP contribution >= 0.6 is 11.6 Å². The number of carbonyl (C=O) groups is 1. The lowest BCUT2D eigenvalue weighted by molar-refractivity contribution is 0.0725. The Bertz CT molecular complexity index is 1050. The standard InChI is InChI=1S/C25H28ClN3O2/c1-2-14-31-20-9-6-18(7-10-20)16-28-24-21-15-19(26)8-11-23(21)27-17-22(24)25(30)29-12-4-3-5-13-29/h6-11,15,17H,2-5,12-14,16H2,1H3,(H,27,28). The lowest BCUT2D eigenvalue weighted by Gasteiger charge is -2.27. The van der Waals surface area contributed by atoms with Crippen LogP contribution < -0.4 is 10.1 Å². The van der Waals surface area contributed by atoms with Gasteiger partial charge in [-0.3, -0.25) is 9.78 Å². The number of amides is 1. The molecular weight excluding hydrogens is 410 g/mol. The Morgan fingerprint density at radius 3 is 2.65 bits per heavy atom. The zero-order chi connectivity index (χ0) is 21.6. The van der Waals surface area contributed by atoms with Gasteiger partial charge < -0.3 is 15.0 Å². The zero-order valence-corrected chi connectivity index (χ0v) is 18.6. The van der Waals surface area contributed by atoms with Crippen LogP contribution in [-0.2, 0) is 6.54 Å². The van der Waals surface area contributed by atoms with Gasteiger partial charge in [0.15, 0.2) is 0 Å². The van der Waals surface area contributed by atoms with Crippen LogP contribution in [0.1, 0.15) is 48.5 Å². The Hall–Kier alpha value is -2.79. The summed E-state index contributed by atoms with van der Waals surface area (Å²) in [4.78, 5) is 19.8. The van der Waals surface area contributed by atoms with Crippen molar-refractivity contribution in [2.45, 2.75) is 39.2 Å². The number of carbonyl (C=O) groups excluding carboxylic acids is 1. The first-order valence-electron chi connectivity index (χ1n) is 11.0. The van der Waals surface area contributed by atoms with E-state index in [9.17, 15) is 4.79 Å². The summed E-state index contributed by atoms with van der Waals surface area (Å²) in [6, 6.07) is 13.6. The number of aromatic nitrogens is 1. The SMILES string of the molecule is CCCOc1ccc(CNc2c(C(=O)N3CCCCC3)cnc3ccc(Cl)cc23)cc1. The van der Waals surface area contributed by atoms with E-state index >= 15 is 0 Å². The van der Waals surface area contributed by atoms with Crippen molar-refractivity contribution in [1.29, 1.82) is 0 Å². The molecular formula is C25H28ClN3O2. The Morgan fingerprint density at radius 2 is 1.90 bits per heavy atom. The van der Waals surface area contributed by atoms with Crippen LogP contribution in [0.4, 0.5) is 5.69 Å². The molecule has 4 rings (SSSR count). The molecule has 0 unspecified atom stereocenters. The molecule has 162 valence electrons. The maximum atomic E-state index is 13.3. The van der Waals surface area contributed by atoms with Crippen LogP contribution in [-0.4, -0.2) is 35.5 Å². The quantitative estimate of drug-likeness (QED) is 0.498. The lowest BCUT2D eigenvalue weighted by atomic mass is 10.1. The van der Waals surface area contributed by atoms with Gasteiger partial charge in [-0.05, 0) is 61.6 Å². The predicted octanol–water partition coefficient (Wildman–Crippen LogP) is 5.92. The highest BCUT2D eigenvalue weighted by atomic mass is 35.5. The van der Waals surface area contributed by atoms with Crippen LogP contribution in [0.2, 0.25) is 5.02 Å². The number of ether oxygens (including phenoxy) is 1. The summed E-state index contributed by atoms with van der Waals surface area (Å²) in [6.07, 6.45) is 5.95. The average molecular weight is 438 g/mol. The van der Waals surface area contributed by atoms with E-state index in [-0.39, 0.29) is 5.91 Å². The Morgan fingerprint density at radius 1 is 1.13 bits per heavy atom. The van der Waals surface area contributed by atoms with Gasteiger partial charge in [0, 0.05) is 36.2 Å². The fourth-order valence-electron chi connectivity index (χ4n) is 3.90. The second-order valence-corrected chi connectivity index (χ2v) is 8.34. The number of pyridine rings is 1. The first-order valence-corrected chi connectivity index (χ1v) is 11.4. The molecule has 0 bridgehead atoms. The third kappa shape index (κ3) is 5.10. The molecule has 1 saturated heterocycles. The van der Waals surface area contributed by atoms with E-state index in [0.717, 1.165) is 60.3 Å². The monoisotopic (exact) mass is 437 g/mol. The van der Waals surface area contributed by atoms with Crippen LogP contribution in [0.15, 0.2) is 48.7 Å². The van der Waals surface area contributed by atoms with Crippen molar-refractivity contribution in [3.63, 3.8) is 0 Å². The molecule has 0 saturated carbocycles. The van der Waals surface area contributed by atoms with Gasteiger partial charge in [0.1, 0.15) is 5.75 Å². The molecule has 1 aliphatic heterocycles. The molecule has 0 radical (unpaired) electrons. The van der Waals surface area contributed by atoms with Crippen LogP contribution in [0.3, 0.4) is 0 Å². The summed E-state index contributed by atoms with van der Waals surface area (Å²) >= 11 is 6.28. The molecule has 0 spiro atoms. The fourth-order valence-corrected chi connectivity index (χ4v) is 4.07. The number of likely N-dealkylation sites (tertiary alicyclic amines) is 1. The number of fused-ring (bicyclic) bond motifs is 1. The molecule has 2 aromatic carbocycles. The zero-order valence-electron chi connectivity index (χ0n) is 17.9. The first-order chi connectivity index (χ1) is 15.2. The minimum absolute atomic E-state index is 0.0277. The largest absolute Gasteiger partial charge is 0.494 e. The van der Waals surface area contributed by atoms with E-state index in [1.54, 1.807) is 6.20 Å². The number of anilines is 1. The summed E-state index contributed by atoms with van der Waals surface area (Å²) in [5.74, 6) is 0.896. The third-order valence-electron chi connectivity index (χ3n) is 5.57. The van der Waals surface area contributed by atoms with Gasteiger partial charge in [-0.15, -0.1) is 0 Å². The molecule has 1 amide bonds. The average Bonchev–Trinajstić information content (AvgIpc) is 2.82. The maximum absolute atomic E-state index is 13.3. The normalized spacial score (nSPS) is 13.9. The van der Waals surface area contributed by atoms with Crippen LogP contribution in [0.25, 0.3) is 10.9 Å². The number of piperidine rings is 1. The molecule has 31 heavy (non-hydrogen) atoms. The smallest absolute Gasteiger partial charge is 0.257 e. The summed E-state index contributed by atoms with van der Waals surface area (Å²) in [7, 11) is 0. The number of nitrogens with one attached hydrogen (secondary N) is 1. The molecule has 3 aromatic rings. The van der Waals surface area contributed by atoms with E-state index in [4.69, 9.17) is 16.3 Å². The van der Waals surface area contributed by atoms with Crippen molar-refractivity contribution in [1.82, 2.24) is 9.88 Å². The highest BCUT2D eigenvalue weighted by Gasteiger charge is 2.22. The van der Waals surface area contributed by atoms with Crippen molar-refractivity contribution in [3.05, 3.63) is 64.8 Å². The fraction of sp³-hybridized carbons (Fsp3) is 0.360. The minimum atomic E-state index is 0.0277. The Balaban J connectivity index is 1.62. The molecule has 1 N–H and O–H groups in total. The summed E-state index contributed by atoms with van der Waals surface area (Å²) in [6.45, 7) is 4.98. The Kier molecular flexibility index (Phi) is 6.92. The lowest BCUT2D eigenvalue weighted by Crippen LogP contribution is -2.36. The van der Waals surface area contributed by atoms with Gasteiger partial charge in [-0.1, -0.05) is 30.7 Å². The second-order valence-electron chi connectivity index (χ2n) is 7.91. The van der Waals surface area contributed by atoms with Crippen molar-refractivity contribution in [3.8, 4) is 5.75 Å². The Labute approximate surface area is 188 Å². The van der Waals surface area contributed by atoms with Crippen molar-refractivity contribution in [2.24, 2.45) is 0 Å². The first kappa shape index (κ1) is 21.4. The van der Waals surface area contributed by atoms with Crippen LogP contribution in [0, 0.1) is 0 Å². The van der Waals surface area contributed by atoms with E-state index in [1.807, 2.05) is 47.4 Å². The summed E-state index contributed by atoms with van der Waals surface area (Å²) in [5, 5.41) is 4.98. The molecule has 1 aromatic heterocycles. The van der Waals surface area contributed by atoms with Crippen molar-refractivity contribution in [2.75, 3.05) is 25.0 Å². The predicted molar refractivity (Wildman–Crippen MR) is 126 cm³/mol. The summed E-state index contributed by atoms with van der Waals surface area (Å²) < 4.78 is 5.67. The van der Waals surface area contributed by atoms with E-state index in [0.29, 0.717) is 23.7 Å². The van der Waals surface area contributed by atoms with Crippen molar-refractivity contribution < 1.29 is 9.53 Å². The summed E-state index contributed by atoms with van der Waals surface area (Å²) in [5.41, 5.74) is 3.30. The van der Waals surface area contributed by atoms with Gasteiger partial charge in [0.05, 0.1) is 23.4 Å². The number of benzene rings is 2. The van der Waals surface area contributed by atoms with Gasteiger partial charge in [-0.25, -0.2) is 0 Å². The van der Waals surface area contributed by atoms with E-state index in [2.05, 4.69) is 17.2 Å². The number of hydrogen-bond donors (Lipinski definition) is 1. The van der Waals surface area contributed by atoms with Gasteiger partial charge in [-0.2, -0.15) is 0 Å². The topological polar surface area (TPSA) is 54.5 Å². The molecule has 0 aliphatic carbocycles. The van der Waals surface area contributed by atoms with Crippen LogP contribution in [0.5, 0.6) is 5.75 Å². The maximum Gasteiger partial charge on any atom is 0.257 e. The van der Waals surface area contributed by atoms with Gasteiger partial charge in [0.2, 0.25) is 0 Å². The molecule has 1 aliphatic rings. The molecule has 6 heteroatoms. The van der Waals surface area contributed by atoms with E-state index < -0.39 is 0 Å². The molecule has 5 nitrogen and oxygen atoms in total.